The molecule has 112 valence electrons. The predicted molar refractivity (Wildman–Crippen MR) is 75.7 cm³/mol. The van der Waals surface area contributed by atoms with Crippen molar-refractivity contribution in [3.05, 3.63) is 18.0 Å². The Balaban J connectivity index is 2.05. The van der Waals surface area contributed by atoms with E-state index in [9.17, 15) is 9.90 Å². The van der Waals surface area contributed by atoms with Crippen LogP contribution in [0.15, 0.2) is 12.4 Å². The summed E-state index contributed by atoms with van der Waals surface area (Å²) in [6.07, 6.45) is 7.10. The number of aliphatic hydroxyl groups excluding tert-OH is 1. The van der Waals surface area contributed by atoms with E-state index in [2.05, 4.69) is 17.3 Å². The van der Waals surface area contributed by atoms with Crippen LogP contribution in [0.5, 0.6) is 0 Å². The zero-order chi connectivity index (χ0) is 14.8. The first-order valence-electron chi connectivity index (χ1n) is 7.13. The van der Waals surface area contributed by atoms with Crippen LogP contribution >= 0.6 is 0 Å². The van der Waals surface area contributed by atoms with Crippen LogP contribution < -0.4 is 11.1 Å². The standard InChI is InChI=1S/C14H24N4O2/c1-10-4-3-5-14(6-10,9-19)17-13(20)12(15)11-7-16-18(2)8-11/h7-8,10,12,19H,3-6,9,15H2,1-2H3,(H,17,20). The van der Waals surface area contributed by atoms with Gasteiger partial charge in [-0.25, -0.2) is 0 Å². The second-order valence-electron chi connectivity index (χ2n) is 6.05. The predicted octanol–water partition coefficient (Wildman–Crippen LogP) is 0.477. The molecule has 6 heteroatoms. The summed E-state index contributed by atoms with van der Waals surface area (Å²) in [5.41, 5.74) is 6.13. The fourth-order valence-corrected chi connectivity index (χ4v) is 3.05. The molecule has 20 heavy (non-hydrogen) atoms. The molecule has 1 aromatic heterocycles. The van der Waals surface area contributed by atoms with Gasteiger partial charge in [0.1, 0.15) is 6.04 Å². The minimum absolute atomic E-state index is 0.0388. The zero-order valence-electron chi connectivity index (χ0n) is 12.2. The quantitative estimate of drug-likeness (QED) is 0.747. The maximum absolute atomic E-state index is 12.3. The van der Waals surface area contributed by atoms with Crippen LogP contribution in [0, 0.1) is 5.92 Å². The summed E-state index contributed by atoms with van der Waals surface area (Å²) in [5.74, 6) is 0.256. The number of hydrogen-bond donors (Lipinski definition) is 3. The van der Waals surface area contributed by atoms with E-state index in [1.54, 1.807) is 24.1 Å². The third kappa shape index (κ3) is 3.19. The zero-order valence-corrected chi connectivity index (χ0v) is 12.2. The van der Waals surface area contributed by atoms with Gasteiger partial charge in [-0.2, -0.15) is 5.10 Å². The highest BCUT2D eigenvalue weighted by Crippen LogP contribution is 2.32. The lowest BCUT2D eigenvalue weighted by Gasteiger charge is -2.39. The van der Waals surface area contributed by atoms with Crippen LogP contribution in [0.2, 0.25) is 0 Å². The number of hydrogen-bond acceptors (Lipinski definition) is 4. The van der Waals surface area contributed by atoms with Gasteiger partial charge in [-0.1, -0.05) is 19.8 Å². The van der Waals surface area contributed by atoms with E-state index in [4.69, 9.17) is 5.73 Å². The van der Waals surface area contributed by atoms with E-state index in [-0.39, 0.29) is 12.5 Å². The summed E-state index contributed by atoms with van der Waals surface area (Å²) in [4.78, 5) is 12.3. The van der Waals surface area contributed by atoms with Crippen LogP contribution in [-0.2, 0) is 11.8 Å². The molecule has 1 fully saturated rings. The van der Waals surface area contributed by atoms with Gasteiger partial charge in [-0.3, -0.25) is 9.48 Å². The Morgan fingerprint density at radius 2 is 2.50 bits per heavy atom. The Hall–Kier alpha value is -1.40. The normalized spacial score (nSPS) is 28.1. The van der Waals surface area contributed by atoms with E-state index < -0.39 is 11.6 Å². The van der Waals surface area contributed by atoms with Crippen LogP contribution in [0.3, 0.4) is 0 Å². The van der Waals surface area contributed by atoms with Crippen molar-refractivity contribution in [2.24, 2.45) is 18.7 Å². The van der Waals surface area contributed by atoms with Crippen molar-refractivity contribution >= 4 is 5.91 Å². The molecular formula is C14H24N4O2. The monoisotopic (exact) mass is 280 g/mol. The van der Waals surface area contributed by atoms with Gasteiger partial charge < -0.3 is 16.2 Å². The largest absolute Gasteiger partial charge is 0.394 e. The molecule has 0 aromatic carbocycles. The second kappa shape index (κ2) is 5.93. The molecule has 2 rings (SSSR count). The van der Waals surface area contributed by atoms with Crippen molar-refractivity contribution in [3.63, 3.8) is 0 Å². The minimum Gasteiger partial charge on any atom is -0.394 e. The highest BCUT2D eigenvalue weighted by Gasteiger charge is 2.37. The molecule has 1 heterocycles. The molecule has 3 unspecified atom stereocenters. The van der Waals surface area contributed by atoms with Crippen LogP contribution in [0.25, 0.3) is 0 Å². The van der Waals surface area contributed by atoms with Crippen LogP contribution in [0.4, 0.5) is 0 Å². The van der Waals surface area contributed by atoms with Gasteiger partial charge in [-0.05, 0) is 18.8 Å². The topological polar surface area (TPSA) is 93.2 Å². The molecule has 0 spiro atoms. The number of aryl methyl sites for hydroxylation is 1. The SMILES string of the molecule is CC1CCCC(CO)(NC(=O)C(N)c2cnn(C)c2)C1. The maximum Gasteiger partial charge on any atom is 0.242 e. The van der Waals surface area contributed by atoms with Gasteiger partial charge in [0.2, 0.25) is 5.91 Å². The van der Waals surface area contributed by atoms with Gasteiger partial charge in [0.05, 0.1) is 18.3 Å². The lowest BCUT2D eigenvalue weighted by Crippen LogP contribution is -2.55. The summed E-state index contributed by atoms with van der Waals surface area (Å²) in [7, 11) is 1.78. The van der Waals surface area contributed by atoms with Gasteiger partial charge in [0.25, 0.3) is 0 Å². The number of rotatable bonds is 4. The number of aliphatic hydroxyl groups is 1. The van der Waals surface area contributed by atoms with Gasteiger partial charge in [0, 0.05) is 18.8 Å². The molecule has 0 aliphatic heterocycles. The molecule has 1 aromatic rings. The summed E-state index contributed by atoms with van der Waals surface area (Å²) in [6, 6.07) is -0.746. The Morgan fingerprint density at radius 1 is 1.75 bits per heavy atom. The fraction of sp³-hybridized carbons (Fsp3) is 0.714. The third-order valence-corrected chi connectivity index (χ3v) is 4.15. The minimum atomic E-state index is -0.746. The summed E-state index contributed by atoms with van der Waals surface area (Å²) < 4.78 is 1.62. The number of aromatic nitrogens is 2. The Labute approximate surface area is 119 Å². The average Bonchev–Trinajstić information content (AvgIpc) is 2.84. The summed E-state index contributed by atoms with van der Waals surface area (Å²) >= 11 is 0. The highest BCUT2D eigenvalue weighted by atomic mass is 16.3. The molecule has 1 aliphatic carbocycles. The van der Waals surface area contributed by atoms with E-state index in [0.717, 1.165) is 25.7 Å². The van der Waals surface area contributed by atoms with E-state index in [1.165, 1.54) is 0 Å². The molecule has 3 atom stereocenters. The maximum atomic E-state index is 12.3. The van der Waals surface area contributed by atoms with Gasteiger partial charge in [0.15, 0.2) is 0 Å². The summed E-state index contributed by atoms with van der Waals surface area (Å²) in [6.45, 7) is 2.11. The second-order valence-corrected chi connectivity index (χ2v) is 6.05. The summed E-state index contributed by atoms with van der Waals surface area (Å²) in [5, 5.41) is 16.7. The van der Waals surface area contributed by atoms with E-state index >= 15 is 0 Å². The first-order valence-corrected chi connectivity index (χ1v) is 7.13. The number of nitrogens with zero attached hydrogens (tertiary/aromatic N) is 2. The third-order valence-electron chi connectivity index (χ3n) is 4.15. The van der Waals surface area contributed by atoms with Gasteiger partial charge in [-0.15, -0.1) is 0 Å². The van der Waals surface area contributed by atoms with Crippen LogP contribution in [0.1, 0.15) is 44.2 Å². The van der Waals surface area contributed by atoms with Crippen molar-refractivity contribution in [2.75, 3.05) is 6.61 Å². The number of amides is 1. The smallest absolute Gasteiger partial charge is 0.242 e. The molecule has 1 saturated carbocycles. The average molecular weight is 280 g/mol. The number of nitrogens with one attached hydrogen (secondary N) is 1. The fourth-order valence-electron chi connectivity index (χ4n) is 3.05. The lowest BCUT2D eigenvalue weighted by atomic mass is 9.76. The lowest BCUT2D eigenvalue weighted by molar-refractivity contribution is -0.125. The Morgan fingerprint density at radius 3 is 3.05 bits per heavy atom. The van der Waals surface area contributed by atoms with E-state index in [1.807, 2.05) is 0 Å². The van der Waals surface area contributed by atoms with E-state index in [0.29, 0.717) is 11.5 Å². The van der Waals surface area contributed by atoms with Crippen molar-refractivity contribution in [3.8, 4) is 0 Å². The van der Waals surface area contributed by atoms with Crippen molar-refractivity contribution in [2.45, 2.75) is 44.2 Å². The number of carbonyl (C=O) groups is 1. The number of nitrogens with two attached hydrogens (primary N) is 1. The highest BCUT2D eigenvalue weighted by molar-refractivity contribution is 5.83. The molecule has 6 nitrogen and oxygen atoms in total. The molecule has 0 bridgehead atoms. The number of carbonyl (C=O) groups excluding carboxylic acids is 1. The van der Waals surface area contributed by atoms with Gasteiger partial charge >= 0.3 is 0 Å². The molecule has 1 aliphatic rings. The molecular weight excluding hydrogens is 256 g/mol. The van der Waals surface area contributed by atoms with Crippen molar-refractivity contribution in [1.82, 2.24) is 15.1 Å². The molecule has 4 N–H and O–H groups in total. The molecule has 1 amide bonds. The van der Waals surface area contributed by atoms with Crippen molar-refractivity contribution < 1.29 is 9.90 Å². The Kier molecular flexibility index (Phi) is 4.45. The Bertz CT molecular complexity index is 473. The first kappa shape index (κ1) is 15.0. The van der Waals surface area contributed by atoms with Crippen LogP contribution in [-0.4, -0.2) is 32.9 Å². The first-order chi connectivity index (χ1) is 9.46. The van der Waals surface area contributed by atoms with Crippen molar-refractivity contribution in [1.29, 1.82) is 0 Å². The molecule has 0 radical (unpaired) electrons. The molecule has 0 saturated heterocycles.